The van der Waals surface area contributed by atoms with Gasteiger partial charge in [0, 0.05) is 12.2 Å². The maximum atomic E-state index is 13.3. The zero-order valence-electron chi connectivity index (χ0n) is 19.3. The minimum atomic E-state index is -0.692. The van der Waals surface area contributed by atoms with Crippen molar-refractivity contribution >= 4 is 28.6 Å². The fourth-order valence-electron chi connectivity index (χ4n) is 3.78. The normalized spacial score (nSPS) is 11.9. The maximum absolute atomic E-state index is 13.3. The van der Waals surface area contributed by atoms with Gasteiger partial charge in [-0.2, -0.15) is 4.99 Å². The number of rotatable bonds is 5. The second-order valence-electron chi connectivity index (χ2n) is 7.77. The van der Waals surface area contributed by atoms with Crippen LogP contribution in [0, 0.1) is 0 Å². The van der Waals surface area contributed by atoms with Crippen molar-refractivity contribution in [3.05, 3.63) is 81.7 Å². The van der Waals surface area contributed by atoms with Crippen LogP contribution >= 0.6 is 0 Å². The lowest BCUT2D eigenvalue weighted by molar-refractivity contribution is 0.0523. The first-order valence-corrected chi connectivity index (χ1v) is 10.8. The van der Waals surface area contributed by atoms with Gasteiger partial charge in [-0.1, -0.05) is 18.2 Å². The maximum Gasteiger partial charge on any atom is 0.341 e. The van der Waals surface area contributed by atoms with Crippen LogP contribution < -0.4 is 15.8 Å². The second kappa shape index (κ2) is 9.30. The van der Waals surface area contributed by atoms with E-state index in [1.807, 2.05) is 13.8 Å². The number of hydrogen-bond donors (Lipinski definition) is 0. The Hall–Kier alpha value is -4.27. The van der Waals surface area contributed by atoms with E-state index in [0.29, 0.717) is 17.0 Å². The summed E-state index contributed by atoms with van der Waals surface area (Å²) in [5.41, 5.74) is 0.695. The molecule has 174 valence electrons. The van der Waals surface area contributed by atoms with Crippen molar-refractivity contribution in [3.8, 4) is 5.75 Å². The van der Waals surface area contributed by atoms with Gasteiger partial charge in [-0.25, -0.2) is 9.78 Å². The molecule has 1 amide bonds. The number of benzene rings is 1. The van der Waals surface area contributed by atoms with Gasteiger partial charge in [-0.05, 0) is 51.1 Å². The summed E-state index contributed by atoms with van der Waals surface area (Å²) in [5, 5.41) is 0.212. The Labute approximate surface area is 194 Å². The number of ether oxygens (including phenoxy) is 2. The predicted octanol–water partition coefficient (Wildman–Crippen LogP) is 3.16. The predicted molar refractivity (Wildman–Crippen MR) is 126 cm³/mol. The molecule has 1 aromatic carbocycles. The highest BCUT2D eigenvalue weighted by Gasteiger charge is 2.22. The quantitative estimate of drug-likeness (QED) is 0.335. The molecular formula is C25H24N4O5. The minimum absolute atomic E-state index is 0.000999. The van der Waals surface area contributed by atoms with E-state index in [1.165, 1.54) is 17.6 Å². The van der Waals surface area contributed by atoms with E-state index in [1.54, 1.807) is 60.2 Å². The van der Waals surface area contributed by atoms with Crippen LogP contribution in [0.5, 0.6) is 5.75 Å². The van der Waals surface area contributed by atoms with E-state index in [0.717, 1.165) is 0 Å². The van der Waals surface area contributed by atoms with Crippen LogP contribution in [-0.4, -0.2) is 39.5 Å². The van der Waals surface area contributed by atoms with Gasteiger partial charge in [-0.3, -0.25) is 14.0 Å². The Morgan fingerprint density at radius 2 is 1.82 bits per heavy atom. The molecule has 0 spiro atoms. The molecule has 3 aromatic heterocycles. The standard InChI is InChI=1S/C25H24N4O5/c1-5-34-25(32)18-14-17-21(26-20-12-8-9-13-28(20)24(17)31)29(15(2)3)22(18)27-23(30)16-10-6-7-11-19(16)33-4/h6-15H,5H2,1-4H3. The summed E-state index contributed by atoms with van der Waals surface area (Å²) in [5.74, 6) is -0.939. The van der Waals surface area contributed by atoms with Crippen molar-refractivity contribution in [3.63, 3.8) is 0 Å². The van der Waals surface area contributed by atoms with E-state index in [2.05, 4.69) is 9.98 Å². The molecule has 0 radical (unpaired) electrons. The molecule has 9 nitrogen and oxygen atoms in total. The molecule has 0 saturated heterocycles. The molecule has 4 rings (SSSR count). The molecule has 0 atom stereocenters. The number of carbonyl (C=O) groups is 2. The Bertz CT molecular complexity index is 1550. The van der Waals surface area contributed by atoms with Gasteiger partial charge in [0.15, 0.2) is 5.49 Å². The van der Waals surface area contributed by atoms with Gasteiger partial charge in [0.2, 0.25) is 0 Å². The Kier molecular flexibility index (Phi) is 6.27. The molecule has 0 unspecified atom stereocenters. The lowest BCUT2D eigenvalue weighted by Gasteiger charge is -2.18. The SMILES string of the molecule is CCOC(=O)c1cc2c(=O)n3ccccc3nc2n(C(C)C)c1=NC(=O)c1ccccc1OC. The van der Waals surface area contributed by atoms with Crippen LogP contribution in [0.15, 0.2) is 64.5 Å². The van der Waals surface area contributed by atoms with E-state index in [4.69, 9.17) is 9.47 Å². The fourth-order valence-corrected chi connectivity index (χ4v) is 3.78. The number of aromatic nitrogens is 3. The number of para-hydroxylation sites is 1. The molecule has 3 heterocycles. The third-order valence-corrected chi connectivity index (χ3v) is 5.29. The Morgan fingerprint density at radius 3 is 2.53 bits per heavy atom. The van der Waals surface area contributed by atoms with Crippen LogP contribution in [0.2, 0.25) is 0 Å². The summed E-state index contributed by atoms with van der Waals surface area (Å²) in [6.07, 6.45) is 1.61. The molecule has 4 aromatic rings. The van der Waals surface area contributed by atoms with Gasteiger partial charge in [0.1, 0.15) is 22.6 Å². The number of amides is 1. The molecule has 0 N–H and O–H groups in total. The molecule has 9 heteroatoms. The second-order valence-corrected chi connectivity index (χ2v) is 7.77. The number of pyridine rings is 2. The van der Waals surface area contributed by atoms with E-state index in [-0.39, 0.29) is 40.2 Å². The minimum Gasteiger partial charge on any atom is -0.496 e. The first-order valence-electron chi connectivity index (χ1n) is 10.8. The topological polar surface area (TPSA) is 104 Å². The lowest BCUT2D eigenvalue weighted by Crippen LogP contribution is -2.33. The summed E-state index contributed by atoms with van der Waals surface area (Å²) >= 11 is 0. The highest BCUT2D eigenvalue weighted by molar-refractivity contribution is 5.99. The molecular weight excluding hydrogens is 436 g/mol. The Morgan fingerprint density at radius 1 is 1.09 bits per heavy atom. The number of fused-ring (bicyclic) bond motifs is 2. The smallest absolute Gasteiger partial charge is 0.341 e. The highest BCUT2D eigenvalue weighted by Crippen LogP contribution is 2.19. The molecule has 0 aliphatic heterocycles. The van der Waals surface area contributed by atoms with Crippen LogP contribution in [0.25, 0.3) is 16.7 Å². The first-order chi connectivity index (χ1) is 16.4. The van der Waals surface area contributed by atoms with Crippen LogP contribution in [0.3, 0.4) is 0 Å². The zero-order valence-corrected chi connectivity index (χ0v) is 19.3. The van der Waals surface area contributed by atoms with E-state index >= 15 is 0 Å². The third kappa shape index (κ3) is 3.96. The molecule has 34 heavy (non-hydrogen) atoms. The largest absolute Gasteiger partial charge is 0.496 e. The average molecular weight is 460 g/mol. The summed E-state index contributed by atoms with van der Waals surface area (Å²) in [6.45, 7) is 5.51. The Balaban J connectivity index is 2.15. The van der Waals surface area contributed by atoms with Crippen molar-refractivity contribution in [1.29, 1.82) is 0 Å². The lowest BCUT2D eigenvalue weighted by atomic mass is 10.1. The van der Waals surface area contributed by atoms with Crippen molar-refractivity contribution in [1.82, 2.24) is 14.0 Å². The molecule has 0 saturated carbocycles. The number of esters is 1. The first kappa shape index (κ1) is 22.9. The van der Waals surface area contributed by atoms with Crippen molar-refractivity contribution < 1.29 is 19.1 Å². The summed E-state index contributed by atoms with van der Waals surface area (Å²) < 4.78 is 13.5. The average Bonchev–Trinajstić information content (AvgIpc) is 2.83. The van der Waals surface area contributed by atoms with Crippen molar-refractivity contribution in [2.45, 2.75) is 26.8 Å². The van der Waals surface area contributed by atoms with E-state index in [9.17, 15) is 14.4 Å². The van der Waals surface area contributed by atoms with Gasteiger partial charge >= 0.3 is 5.97 Å². The van der Waals surface area contributed by atoms with Crippen LogP contribution in [0.1, 0.15) is 47.5 Å². The number of nitrogens with zero attached hydrogens (tertiary/aromatic N) is 4. The summed E-state index contributed by atoms with van der Waals surface area (Å²) in [7, 11) is 1.46. The van der Waals surface area contributed by atoms with Crippen LogP contribution in [-0.2, 0) is 4.74 Å². The number of carbonyl (C=O) groups excluding carboxylic acids is 2. The third-order valence-electron chi connectivity index (χ3n) is 5.29. The van der Waals surface area contributed by atoms with Crippen LogP contribution in [0.4, 0.5) is 0 Å². The summed E-state index contributed by atoms with van der Waals surface area (Å²) in [6, 6.07) is 13.0. The zero-order chi connectivity index (χ0) is 24.4. The van der Waals surface area contributed by atoms with Gasteiger partial charge in [0.25, 0.3) is 11.5 Å². The van der Waals surface area contributed by atoms with Crippen molar-refractivity contribution in [2.24, 2.45) is 4.99 Å². The van der Waals surface area contributed by atoms with Gasteiger partial charge in [-0.15, -0.1) is 0 Å². The monoisotopic (exact) mass is 460 g/mol. The van der Waals surface area contributed by atoms with Gasteiger partial charge < -0.3 is 14.0 Å². The summed E-state index contributed by atoms with van der Waals surface area (Å²) in [4.78, 5) is 48.4. The number of hydrogen-bond acceptors (Lipinski definition) is 6. The molecule has 0 aliphatic carbocycles. The molecule has 0 bridgehead atoms. The highest BCUT2D eigenvalue weighted by atomic mass is 16.5. The molecule has 0 fully saturated rings. The fraction of sp³-hybridized carbons (Fsp3) is 0.240. The molecule has 0 aliphatic rings. The number of methoxy groups -OCH3 is 1. The van der Waals surface area contributed by atoms with E-state index < -0.39 is 11.9 Å². The van der Waals surface area contributed by atoms with Crippen molar-refractivity contribution in [2.75, 3.05) is 13.7 Å². The van der Waals surface area contributed by atoms with Gasteiger partial charge in [0.05, 0.1) is 24.7 Å².